The highest BCUT2D eigenvalue weighted by Gasteiger charge is 2.41. The van der Waals surface area contributed by atoms with Crippen LogP contribution in [0.3, 0.4) is 0 Å². The SMILES string of the molecule is CCOC(=O)C1C(C)=Nc2snc(CCCN(C)CCc3ccc(OC)c(OC)c3)c2C1c1cccc([N+](=O)[O-])c1. The number of non-ortho nitro benzene ring substituents is 1. The number of methoxy groups -OCH3 is 2. The summed E-state index contributed by atoms with van der Waals surface area (Å²) in [5.41, 5.74) is 4.19. The number of nitro benzene ring substituents is 1. The Labute approximate surface area is 244 Å². The summed E-state index contributed by atoms with van der Waals surface area (Å²) in [6, 6.07) is 12.5. The molecule has 10 nitrogen and oxygen atoms in total. The Bertz CT molecular complexity index is 1420. The van der Waals surface area contributed by atoms with Crippen LogP contribution in [0.25, 0.3) is 0 Å². The van der Waals surface area contributed by atoms with Gasteiger partial charge < -0.3 is 19.1 Å². The number of likely N-dealkylation sites (N-methyl/N-ethyl adjacent to an activating group) is 1. The number of rotatable bonds is 13. The van der Waals surface area contributed by atoms with Crippen LogP contribution in [0.15, 0.2) is 47.5 Å². The number of aliphatic imine (C=N–C) groups is 1. The molecule has 0 amide bonds. The van der Waals surface area contributed by atoms with E-state index in [1.165, 1.54) is 23.2 Å². The van der Waals surface area contributed by atoms with Crippen LogP contribution in [0.2, 0.25) is 0 Å². The van der Waals surface area contributed by atoms with Crippen LogP contribution >= 0.6 is 11.5 Å². The molecule has 41 heavy (non-hydrogen) atoms. The summed E-state index contributed by atoms with van der Waals surface area (Å²) in [4.78, 5) is 31.3. The molecule has 2 aromatic carbocycles. The number of carbonyl (C=O) groups is 1. The van der Waals surface area contributed by atoms with E-state index in [0.29, 0.717) is 23.4 Å². The maximum atomic E-state index is 13.1. The third kappa shape index (κ3) is 6.91. The highest BCUT2D eigenvalue weighted by Crippen LogP contribution is 2.47. The standard InChI is InChI=1S/C30H36N4O6S/c1-6-40-30(35)26-19(2)31-29-28(27(26)21-9-7-10-22(18-21)34(36)37)23(32-41-29)11-8-15-33(3)16-14-20-12-13-24(38-4)25(17-20)39-5/h7,9-10,12-13,17-18,26-27H,6,8,11,14-16H2,1-5H3. The molecule has 1 aliphatic heterocycles. The van der Waals surface area contributed by atoms with Crippen LogP contribution in [0.1, 0.15) is 48.6 Å². The summed E-state index contributed by atoms with van der Waals surface area (Å²) < 4.78 is 20.9. The number of ether oxygens (including phenoxy) is 3. The summed E-state index contributed by atoms with van der Waals surface area (Å²) in [6.45, 7) is 5.53. The van der Waals surface area contributed by atoms with Gasteiger partial charge in [0, 0.05) is 35.9 Å². The average molecular weight is 581 g/mol. The average Bonchev–Trinajstić information content (AvgIpc) is 3.37. The summed E-state index contributed by atoms with van der Waals surface area (Å²) in [5, 5.41) is 12.3. The van der Waals surface area contributed by atoms with E-state index in [2.05, 4.69) is 11.9 Å². The van der Waals surface area contributed by atoms with Crippen molar-refractivity contribution in [2.75, 3.05) is 41.0 Å². The summed E-state index contributed by atoms with van der Waals surface area (Å²) in [6.07, 6.45) is 2.42. The van der Waals surface area contributed by atoms with E-state index in [4.69, 9.17) is 23.6 Å². The van der Waals surface area contributed by atoms with Gasteiger partial charge >= 0.3 is 5.97 Å². The van der Waals surface area contributed by atoms with Gasteiger partial charge in [-0.2, -0.15) is 4.37 Å². The molecule has 2 atom stereocenters. The molecule has 0 saturated carbocycles. The second-order valence-electron chi connectivity index (χ2n) is 10.0. The molecule has 11 heteroatoms. The Morgan fingerprint density at radius 2 is 1.88 bits per heavy atom. The number of hydrogen-bond donors (Lipinski definition) is 0. The monoisotopic (exact) mass is 580 g/mol. The minimum absolute atomic E-state index is 0.0207. The third-order valence-corrected chi connectivity index (χ3v) is 8.12. The second kappa shape index (κ2) is 13.7. The summed E-state index contributed by atoms with van der Waals surface area (Å²) in [7, 11) is 5.35. The number of hydrogen-bond acceptors (Lipinski definition) is 10. The first-order chi connectivity index (χ1) is 19.8. The molecule has 0 spiro atoms. The zero-order valence-corrected chi connectivity index (χ0v) is 24.9. The van der Waals surface area contributed by atoms with Crippen molar-refractivity contribution in [2.24, 2.45) is 10.9 Å². The molecule has 218 valence electrons. The van der Waals surface area contributed by atoms with Crippen LogP contribution < -0.4 is 9.47 Å². The van der Waals surface area contributed by atoms with Crippen LogP contribution in [0.4, 0.5) is 10.7 Å². The predicted molar refractivity (Wildman–Crippen MR) is 159 cm³/mol. The van der Waals surface area contributed by atoms with E-state index in [-0.39, 0.29) is 18.3 Å². The van der Waals surface area contributed by atoms with Crippen molar-refractivity contribution in [3.8, 4) is 11.5 Å². The van der Waals surface area contributed by atoms with Crippen LogP contribution in [-0.4, -0.2) is 66.8 Å². The van der Waals surface area contributed by atoms with Gasteiger partial charge in [-0.15, -0.1) is 0 Å². The Hall–Kier alpha value is -3.83. The number of benzene rings is 2. The normalized spacial score (nSPS) is 16.2. The van der Waals surface area contributed by atoms with Gasteiger partial charge in [-0.3, -0.25) is 14.9 Å². The molecule has 0 saturated heterocycles. The minimum Gasteiger partial charge on any atom is -0.493 e. The highest BCUT2D eigenvalue weighted by molar-refractivity contribution is 7.10. The molecule has 2 unspecified atom stereocenters. The number of fused-ring (bicyclic) bond motifs is 1. The predicted octanol–water partition coefficient (Wildman–Crippen LogP) is 5.59. The number of carbonyl (C=O) groups excluding carboxylic acids is 1. The largest absolute Gasteiger partial charge is 0.493 e. The number of nitro groups is 1. The van der Waals surface area contributed by atoms with Gasteiger partial charge in [0.25, 0.3) is 5.69 Å². The smallest absolute Gasteiger partial charge is 0.315 e. The van der Waals surface area contributed by atoms with Crippen molar-refractivity contribution in [2.45, 2.75) is 39.0 Å². The highest BCUT2D eigenvalue weighted by atomic mass is 32.1. The molecule has 0 fully saturated rings. The van der Waals surface area contributed by atoms with Gasteiger partial charge in [-0.05, 0) is 81.5 Å². The maximum absolute atomic E-state index is 13.1. The first-order valence-corrected chi connectivity index (χ1v) is 14.4. The molecule has 3 aromatic rings. The Morgan fingerprint density at radius 1 is 1.10 bits per heavy atom. The van der Waals surface area contributed by atoms with Gasteiger partial charge in [-0.25, -0.2) is 4.99 Å². The quantitative estimate of drug-likeness (QED) is 0.146. The van der Waals surface area contributed by atoms with Crippen molar-refractivity contribution in [1.29, 1.82) is 0 Å². The second-order valence-corrected chi connectivity index (χ2v) is 10.8. The van der Waals surface area contributed by atoms with Gasteiger partial charge in [0.05, 0.1) is 31.4 Å². The Morgan fingerprint density at radius 3 is 2.59 bits per heavy atom. The fraction of sp³-hybridized carbons (Fsp3) is 0.433. The van der Waals surface area contributed by atoms with Gasteiger partial charge in [-0.1, -0.05) is 18.2 Å². The van der Waals surface area contributed by atoms with Gasteiger partial charge in [0.15, 0.2) is 11.5 Å². The molecule has 1 aliphatic rings. The van der Waals surface area contributed by atoms with Crippen LogP contribution in [-0.2, 0) is 22.4 Å². The van der Waals surface area contributed by atoms with Crippen molar-refractivity contribution in [1.82, 2.24) is 9.27 Å². The third-order valence-electron chi connectivity index (χ3n) is 7.32. The summed E-state index contributed by atoms with van der Waals surface area (Å²) in [5.74, 6) is -0.0904. The fourth-order valence-electron chi connectivity index (χ4n) is 5.25. The number of aromatic nitrogens is 1. The van der Waals surface area contributed by atoms with E-state index in [1.807, 2.05) is 31.2 Å². The lowest BCUT2D eigenvalue weighted by Gasteiger charge is -2.30. The lowest BCUT2D eigenvalue weighted by molar-refractivity contribution is -0.384. The zero-order valence-electron chi connectivity index (χ0n) is 24.1. The van der Waals surface area contributed by atoms with E-state index in [9.17, 15) is 14.9 Å². The fourth-order valence-corrected chi connectivity index (χ4v) is 6.16. The maximum Gasteiger partial charge on any atom is 0.315 e. The number of esters is 1. The molecule has 2 heterocycles. The van der Waals surface area contributed by atoms with Crippen molar-refractivity contribution in [3.05, 3.63) is 75.0 Å². The Kier molecular flexibility index (Phi) is 10.1. The van der Waals surface area contributed by atoms with E-state index in [0.717, 1.165) is 47.9 Å². The topological polar surface area (TPSA) is 116 Å². The van der Waals surface area contributed by atoms with Crippen LogP contribution in [0, 0.1) is 16.0 Å². The first kappa shape index (κ1) is 30.1. The first-order valence-electron chi connectivity index (χ1n) is 13.6. The molecular formula is C30H36N4O6S. The van der Waals surface area contributed by atoms with Crippen molar-refractivity contribution >= 4 is 33.9 Å². The molecule has 0 N–H and O–H groups in total. The van der Waals surface area contributed by atoms with Gasteiger partial charge in [0.2, 0.25) is 0 Å². The molecule has 0 aliphatic carbocycles. The van der Waals surface area contributed by atoms with E-state index < -0.39 is 16.8 Å². The zero-order chi connectivity index (χ0) is 29.5. The Balaban J connectivity index is 1.50. The minimum atomic E-state index is -0.677. The summed E-state index contributed by atoms with van der Waals surface area (Å²) >= 11 is 1.31. The van der Waals surface area contributed by atoms with Crippen molar-refractivity contribution in [3.63, 3.8) is 0 Å². The van der Waals surface area contributed by atoms with E-state index >= 15 is 0 Å². The number of nitrogens with zero attached hydrogens (tertiary/aromatic N) is 4. The molecule has 0 bridgehead atoms. The van der Waals surface area contributed by atoms with E-state index in [1.54, 1.807) is 33.3 Å². The molecule has 1 aromatic heterocycles. The van der Waals surface area contributed by atoms with Crippen molar-refractivity contribution < 1.29 is 23.9 Å². The lowest BCUT2D eigenvalue weighted by Crippen LogP contribution is -2.33. The van der Waals surface area contributed by atoms with Crippen LogP contribution in [0.5, 0.6) is 11.5 Å². The molecule has 0 radical (unpaired) electrons. The molecular weight excluding hydrogens is 544 g/mol. The van der Waals surface area contributed by atoms with Gasteiger partial charge in [0.1, 0.15) is 10.9 Å². The molecule has 4 rings (SSSR count). The lowest BCUT2D eigenvalue weighted by atomic mass is 9.76. The number of aryl methyl sites for hydroxylation is 1.